The van der Waals surface area contributed by atoms with Gasteiger partial charge in [0.25, 0.3) is 0 Å². The van der Waals surface area contributed by atoms with Crippen LogP contribution in [-0.2, 0) is 13.1 Å². The number of hydrogen-bond acceptors (Lipinski definition) is 3. The summed E-state index contributed by atoms with van der Waals surface area (Å²) in [5.74, 6) is -0.319. The van der Waals surface area contributed by atoms with E-state index in [9.17, 15) is 4.39 Å². The minimum Gasteiger partial charge on any atom is -0.505 e. The van der Waals surface area contributed by atoms with Gasteiger partial charge in [-0.15, -0.1) is 24.0 Å². The molecule has 23 heavy (non-hydrogen) atoms. The zero-order valence-corrected chi connectivity index (χ0v) is 15.2. The Kier molecular flexibility index (Phi) is 8.38. The second-order valence-electron chi connectivity index (χ2n) is 4.76. The van der Waals surface area contributed by atoms with E-state index in [0.29, 0.717) is 12.5 Å². The summed E-state index contributed by atoms with van der Waals surface area (Å²) in [5, 5.41) is 19.6. The van der Waals surface area contributed by atoms with Crippen LogP contribution in [0.5, 0.6) is 5.75 Å². The molecule has 0 saturated heterocycles. The lowest BCUT2D eigenvalue weighted by Gasteiger charge is -2.12. The van der Waals surface area contributed by atoms with E-state index in [1.807, 2.05) is 16.9 Å². The van der Waals surface area contributed by atoms with Crippen molar-refractivity contribution >= 4 is 29.9 Å². The van der Waals surface area contributed by atoms with Gasteiger partial charge in [-0.3, -0.25) is 9.67 Å². The Balaban J connectivity index is 0.00000264. The monoisotopic (exact) mass is 433 g/mol. The number of phenols is 1. The molecule has 6 nitrogen and oxygen atoms in total. The first-order chi connectivity index (χ1) is 10.7. The van der Waals surface area contributed by atoms with E-state index in [0.717, 1.165) is 25.1 Å². The van der Waals surface area contributed by atoms with E-state index < -0.39 is 5.82 Å². The van der Waals surface area contributed by atoms with E-state index >= 15 is 0 Å². The lowest BCUT2D eigenvalue weighted by atomic mass is 10.2. The third-order valence-electron chi connectivity index (χ3n) is 3.11. The van der Waals surface area contributed by atoms with Crippen molar-refractivity contribution in [3.8, 4) is 5.75 Å². The van der Waals surface area contributed by atoms with E-state index in [1.54, 1.807) is 19.3 Å². The number of aromatic nitrogens is 2. The highest BCUT2D eigenvalue weighted by atomic mass is 127. The molecule has 0 bridgehead atoms. The van der Waals surface area contributed by atoms with Crippen molar-refractivity contribution < 1.29 is 9.50 Å². The fraction of sp³-hybridized carbons (Fsp3) is 0.333. The van der Waals surface area contributed by atoms with Gasteiger partial charge in [0.1, 0.15) is 0 Å². The van der Waals surface area contributed by atoms with Crippen LogP contribution < -0.4 is 10.6 Å². The first-order valence-corrected chi connectivity index (χ1v) is 7.08. The number of nitrogens with one attached hydrogen (secondary N) is 2. The Morgan fingerprint density at radius 3 is 2.87 bits per heavy atom. The molecular weight excluding hydrogens is 412 g/mol. The highest BCUT2D eigenvalue weighted by Crippen LogP contribution is 2.15. The maximum absolute atomic E-state index is 13.2. The second kappa shape index (κ2) is 10.0. The Bertz CT molecular complexity index is 618. The van der Waals surface area contributed by atoms with Gasteiger partial charge in [0.2, 0.25) is 0 Å². The molecule has 1 aromatic heterocycles. The van der Waals surface area contributed by atoms with Crippen LogP contribution in [-0.4, -0.2) is 34.4 Å². The summed E-state index contributed by atoms with van der Waals surface area (Å²) in [6.45, 7) is 2.01. The molecule has 0 amide bonds. The number of hydrogen-bond donors (Lipinski definition) is 3. The van der Waals surface area contributed by atoms with E-state index in [4.69, 9.17) is 5.11 Å². The standard InChI is InChI=1S/C15H20FN5O.HI/c1-17-15(18-6-2-8-21-9-3-7-20-21)19-11-12-4-5-14(22)13(16)10-12;/h3-5,7,9-10,22H,2,6,8,11H2,1H3,(H2,17,18,19);1H. The number of guanidine groups is 1. The van der Waals surface area contributed by atoms with Gasteiger partial charge in [-0.1, -0.05) is 6.07 Å². The lowest BCUT2D eigenvalue weighted by molar-refractivity contribution is 0.431. The number of phenolic OH excluding ortho intramolecular Hbond substituents is 1. The molecule has 1 aromatic carbocycles. The van der Waals surface area contributed by atoms with Gasteiger partial charge in [-0.05, 0) is 30.2 Å². The summed E-state index contributed by atoms with van der Waals surface area (Å²) in [6.07, 6.45) is 4.59. The van der Waals surface area contributed by atoms with Crippen LogP contribution in [0.3, 0.4) is 0 Å². The average Bonchev–Trinajstić information content (AvgIpc) is 3.03. The van der Waals surface area contributed by atoms with Crippen molar-refractivity contribution in [3.05, 3.63) is 48.0 Å². The number of aryl methyl sites for hydroxylation is 1. The minimum atomic E-state index is -0.624. The largest absolute Gasteiger partial charge is 0.505 e. The van der Waals surface area contributed by atoms with E-state index in [2.05, 4.69) is 20.7 Å². The van der Waals surface area contributed by atoms with Crippen LogP contribution in [0.4, 0.5) is 4.39 Å². The van der Waals surface area contributed by atoms with Crippen LogP contribution in [0.25, 0.3) is 0 Å². The van der Waals surface area contributed by atoms with Crippen molar-refractivity contribution in [2.75, 3.05) is 13.6 Å². The van der Waals surface area contributed by atoms with Gasteiger partial charge in [0, 0.05) is 39.1 Å². The first kappa shape index (κ1) is 19.2. The van der Waals surface area contributed by atoms with Crippen LogP contribution >= 0.6 is 24.0 Å². The molecule has 1 heterocycles. The molecule has 8 heteroatoms. The third-order valence-corrected chi connectivity index (χ3v) is 3.11. The zero-order chi connectivity index (χ0) is 15.8. The van der Waals surface area contributed by atoms with Crippen molar-refractivity contribution in [1.82, 2.24) is 20.4 Å². The maximum atomic E-state index is 13.2. The molecule has 0 fully saturated rings. The molecule has 0 aliphatic heterocycles. The van der Waals surface area contributed by atoms with Crippen LogP contribution in [0.1, 0.15) is 12.0 Å². The number of benzene rings is 1. The molecular formula is C15H21FIN5O. The van der Waals surface area contributed by atoms with Gasteiger partial charge >= 0.3 is 0 Å². The van der Waals surface area contributed by atoms with Crippen molar-refractivity contribution in [2.24, 2.45) is 4.99 Å². The van der Waals surface area contributed by atoms with Crippen molar-refractivity contribution in [2.45, 2.75) is 19.5 Å². The van der Waals surface area contributed by atoms with Gasteiger partial charge in [-0.2, -0.15) is 5.10 Å². The summed E-state index contributed by atoms with van der Waals surface area (Å²) in [4.78, 5) is 4.11. The van der Waals surface area contributed by atoms with Crippen LogP contribution in [0.2, 0.25) is 0 Å². The average molecular weight is 433 g/mol. The molecule has 0 atom stereocenters. The Labute approximate surface area is 151 Å². The number of rotatable bonds is 6. The number of halogens is 2. The van der Waals surface area contributed by atoms with Crippen LogP contribution in [0.15, 0.2) is 41.7 Å². The molecule has 2 aromatic rings. The first-order valence-electron chi connectivity index (χ1n) is 7.08. The summed E-state index contributed by atoms with van der Waals surface area (Å²) in [7, 11) is 1.68. The lowest BCUT2D eigenvalue weighted by Crippen LogP contribution is -2.37. The number of aliphatic imine (C=N–C) groups is 1. The predicted molar refractivity (Wildman–Crippen MR) is 98.5 cm³/mol. The van der Waals surface area contributed by atoms with Gasteiger partial charge in [-0.25, -0.2) is 4.39 Å². The van der Waals surface area contributed by atoms with Crippen molar-refractivity contribution in [3.63, 3.8) is 0 Å². The third kappa shape index (κ3) is 6.43. The highest BCUT2D eigenvalue weighted by molar-refractivity contribution is 14.0. The summed E-state index contributed by atoms with van der Waals surface area (Å²) < 4.78 is 15.1. The van der Waals surface area contributed by atoms with Crippen LogP contribution in [0, 0.1) is 5.82 Å². The summed E-state index contributed by atoms with van der Waals surface area (Å²) in [6, 6.07) is 6.20. The fourth-order valence-corrected chi connectivity index (χ4v) is 1.95. The molecule has 0 aliphatic rings. The van der Waals surface area contributed by atoms with Gasteiger partial charge in [0.15, 0.2) is 17.5 Å². The van der Waals surface area contributed by atoms with Gasteiger partial charge < -0.3 is 15.7 Å². The SMILES string of the molecule is CN=C(NCCCn1cccn1)NCc1ccc(O)c(F)c1.I. The normalized spacial score (nSPS) is 11.0. The summed E-state index contributed by atoms with van der Waals surface area (Å²) in [5.41, 5.74) is 0.731. The summed E-state index contributed by atoms with van der Waals surface area (Å²) >= 11 is 0. The van der Waals surface area contributed by atoms with E-state index in [-0.39, 0.29) is 29.7 Å². The molecule has 0 saturated carbocycles. The minimum absolute atomic E-state index is 0. The molecule has 0 aliphatic carbocycles. The Morgan fingerprint density at radius 2 is 2.22 bits per heavy atom. The quantitative estimate of drug-likeness (QED) is 0.283. The fourth-order valence-electron chi connectivity index (χ4n) is 1.95. The second-order valence-corrected chi connectivity index (χ2v) is 4.76. The zero-order valence-electron chi connectivity index (χ0n) is 12.9. The molecule has 126 valence electrons. The Morgan fingerprint density at radius 1 is 1.39 bits per heavy atom. The number of nitrogens with zero attached hydrogens (tertiary/aromatic N) is 3. The number of aromatic hydroxyl groups is 1. The van der Waals surface area contributed by atoms with Gasteiger partial charge in [0.05, 0.1) is 0 Å². The topological polar surface area (TPSA) is 74.5 Å². The smallest absolute Gasteiger partial charge is 0.191 e. The Hall–Kier alpha value is -1.84. The van der Waals surface area contributed by atoms with Crippen molar-refractivity contribution in [1.29, 1.82) is 0 Å². The molecule has 3 N–H and O–H groups in total. The predicted octanol–water partition coefficient (Wildman–Crippen LogP) is 2.10. The molecule has 0 spiro atoms. The maximum Gasteiger partial charge on any atom is 0.191 e. The highest BCUT2D eigenvalue weighted by Gasteiger charge is 2.03. The molecule has 2 rings (SSSR count). The van der Waals surface area contributed by atoms with E-state index in [1.165, 1.54) is 12.1 Å². The molecule has 0 radical (unpaired) electrons. The molecule has 0 unspecified atom stereocenters.